The normalized spacial score (nSPS) is 10.9. The summed E-state index contributed by atoms with van der Waals surface area (Å²) in [6, 6.07) is 9.87. The van der Waals surface area contributed by atoms with E-state index in [9.17, 15) is 0 Å². The van der Waals surface area contributed by atoms with E-state index < -0.39 is 0 Å². The zero-order valence-electron chi connectivity index (χ0n) is 12.4. The predicted molar refractivity (Wildman–Crippen MR) is 92.2 cm³/mol. The molecule has 1 aromatic carbocycles. The molecule has 2 N–H and O–H groups in total. The Kier molecular flexibility index (Phi) is 3.98. The number of anilines is 1. The van der Waals surface area contributed by atoms with Crippen molar-refractivity contribution < 1.29 is 4.74 Å². The summed E-state index contributed by atoms with van der Waals surface area (Å²) in [5.74, 6) is 1.34. The molecule has 0 aliphatic rings. The third-order valence-electron chi connectivity index (χ3n) is 3.62. The van der Waals surface area contributed by atoms with E-state index in [2.05, 4.69) is 25.9 Å². The number of ether oxygens (including phenoxy) is 1. The van der Waals surface area contributed by atoms with Crippen LogP contribution < -0.4 is 10.5 Å². The van der Waals surface area contributed by atoms with Crippen LogP contribution in [-0.4, -0.2) is 17.1 Å². The van der Waals surface area contributed by atoms with Crippen LogP contribution in [0.4, 0.5) is 5.82 Å². The summed E-state index contributed by atoms with van der Waals surface area (Å²) in [6.07, 6.45) is 2.49. The number of fused-ring (bicyclic) bond motifs is 1. The maximum Gasteiger partial charge on any atom is 0.133 e. The topological polar surface area (TPSA) is 61.0 Å². The van der Waals surface area contributed by atoms with Crippen molar-refractivity contribution in [2.45, 2.75) is 13.3 Å². The maximum atomic E-state index is 5.94. The van der Waals surface area contributed by atoms with Crippen LogP contribution >= 0.6 is 15.9 Å². The minimum Gasteiger partial charge on any atom is -0.496 e. The molecule has 0 bridgehead atoms. The lowest BCUT2D eigenvalue weighted by atomic mass is 10.0. The Bertz CT molecular complexity index is 849. The Morgan fingerprint density at radius 3 is 2.77 bits per heavy atom. The predicted octanol–water partition coefficient (Wildman–Crippen LogP) is 3.88. The van der Waals surface area contributed by atoms with Gasteiger partial charge in [0.1, 0.15) is 11.6 Å². The van der Waals surface area contributed by atoms with Gasteiger partial charge in [0.15, 0.2) is 0 Å². The van der Waals surface area contributed by atoms with Crippen molar-refractivity contribution in [3.8, 4) is 5.75 Å². The standard InChI is InChI=1S/C17H16BrN3O/c1-10-17-12(5-6-20-10)9-16(19)21-14(17)8-11-3-4-15(22-2)13(18)7-11/h3-7,9H,8H2,1-2H3,(H2,19,21). The number of hydrogen-bond donors (Lipinski definition) is 1. The Morgan fingerprint density at radius 1 is 1.23 bits per heavy atom. The fraction of sp³-hybridized carbons (Fsp3) is 0.176. The molecule has 0 aliphatic heterocycles. The van der Waals surface area contributed by atoms with Crippen LogP contribution in [0.1, 0.15) is 17.0 Å². The second kappa shape index (κ2) is 5.93. The quantitative estimate of drug-likeness (QED) is 0.772. The Hall–Kier alpha value is -2.14. The number of aryl methyl sites for hydroxylation is 1. The number of nitrogens with zero attached hydrogens (tertiary/aromatic N) is 2. The third-order valence-corrected chi connectivity index (χ3v) is 4.24. The average molecular weight is 358 g/mol. The Labute approximate surface area is 137 Å². The second-order valence-corrected chi connectivity index (χ2v) is 5.99. The fourth-order valence-corrected chi connectivity index (χ4v) is 3.21. The number of benzene rings is 1. The second-order valence-electron chi connectivity index (χ2n) is 5.13. The molecule has 0 saturated carbocycles. The summed E-state index contributed by atoms with van der Waals surface area (Å²) in [7, 11) is 1.65. The number of methoxy groups -OCH3 is 1. The van der Waals surface area contributed by atoms with Gasteiger partial charge in [-0.1, -0.05) is 6.07 Å². The van der Waals surface area contributed by atoms with Gasteiger partial charge >= 0.3 is 0 Å². The van der Waals surface area contributed by atoms with Gasteiger partial charge in [-0.15, -0.1) is 0 Å². The van der Waals surface area contributed by atoms with Crippen LogP contribution in [0.5, 0.6) is 5.75 Å². The highest BCUT2D eigenvalue weighted by Gasteiger charge is 2.10. The smallest absolute Gasteiger partial charge is 0.133 e. The molecule has 4 nitrogen and oxygen atoms in total. The summed E-state index contributed by atoms with van der Waals surface area (Å²) >= 11 is 3.52. The van der Waals surface area contributed by atoms with Crippen molar-refractivity contribution in [2.24, 2.45) is 0 Å². The Balaban J connectivity index is 2.09. The van der Waals surface area contributed by atoms with Gasteiger partial charge in [-0.2, -0.15) is 0 Å². The molecule has 0 spiro atoms. The van der Waals surface area contributed by atoms with Crippen LogP contribution in [0, 0.1) is 6.92 Å². The first-order valence-corrected chi connectivity index (χ1v) is 7.71. The summed E-state index contributed by atoms with van der Waals surface area (Å²) in [4.78, 5) is 8.90. The monoisotopic (exact) mass is 357 g/mol. The number of nitrogen functional groups attached to an aromatic ring is 1. The van der Waals surface area contributed by atoms with E-state index in [1.807, 2.05) is 37.3 Å². The number of rotatable bonds is 3. The van der Waals surface area contributed by atoms with Gasteiger partial charge in [-0.3, -0.25) is 4.98 Å². The molecule has 5 heteroatoms. The van der Waals surface area contributed by atoms with Gasteiger partial charge in [0.25, 0.3) is 0 Å². The lowest BCUT2D eigenvalue weighted by Crippen LogP contribution is -2.01. The molecule has 3 aromatic rings. The first kappa shape index (κ1) is 14.8. The Morgan fingerprint density at radius 2 is 2.05 bits per heavy atom. The minimum atomic E-state index is 0.528. The van der Waals surface area contributed by atoms with Gasteiger partial charge in [0.2, 0.25) is 0 Å². The third kappa shape index (κ3) is 2.76. The highest BCUT2D eigenvalue weighted by molar-refractivity contribution is 9.10. The van der Waals surface area contributed by atoms with Gasteiger partial charge in [0, 0.05) is 23.7 Å². The molecule has 0 amide bonds. The van der Waals surface area contributed by atoms with E-state index in [0.717, 1.165) is 37.9 Å². The van der Waals surface area contributed by atoms with E-state index in [1.54, 1.807) is 13.3 Å². The van der Waals surface area contributed by atoms with Crippen molar-refractivity contribution in [2.75, 3.05) is 12.8 Å². The van der Waals surface area contributed by atoms with Crippen molar-refractivity contribution in [3.63, 3.8) is 0 Å². The van der Waals surface area contributed by atoms with Crippen molar-refractivity contribution >= 4 is 32.5 Å². The van der Waals surface area contributed by atoms with E-state index in [-0.39, 0.29) is 0 Å². The molecule has 2 heterocycles. The fourth-order valence-electron chi connectivity index (χ4n) is 2.63. The van der Waals surface area contributed by atoms with Crippen LogP contribution in [0.2, 0.25) is 0 Å². The molecule has 0 saturated heterocycles. The van der Waals surface area contributed by atoms with Crippen molar-refractivity contribution in [1.82, 2.24) is 9.97 Å². The molecule has 2 aromatic heterocycles. The van der Waals surface area contributed by atoms with Gasteiger partial charge in [0.05, 0.1) is 17.3 Å². The zero-order valence-corrected chi connectivity index (χ0v) is 14.0. The first-order chi connectivity index (χ1) is 10.6. The zero-order chi connectivity index (χ0) is 15.7. The largest absolute Gasteiger partial charge is 0.496 e. The molecule has 0 aliphatic carbocycles. The van der Waals surface area contributed by atoms with Gasteiger partial charge < -0.3 is 10.5 Å². The van der Waals surface area contributed by atoms with Crippen LogP contribution in [0.25, 0.3) is 10.8 Å². The summed E-state index contributed by atoms with van der Waals surface area (Å²) < 4.78 is 6.19. The molecular weight excluding hydrogens is 342 g/mol. The molecule has 22 heavy (non-hydrogen) atoms. The number of nitrogens with two attached hydrogens (primary N) is 1. The number of pyridine rings is 2. The van der Waals surface area contributed by atoms with Crippen LogP contribution in [0.15, 0.2) is 41.0 Å². The highest BCUT2D eigenvalue weighted by atomic mass is 79.9. The molecule has 112 valence electrons. The van der Waals surface area contributed by atoms with E-state index >= 15 is 0 Å². The molecular formula is C17H16BrN3O. The number of hydrogen-bond acceptors (Lipinski definition) is 4. The summed E-state index contributed by atoms with van der Waals surface area (Å²) in [5, 5.41) is 2.14. The first-order valence-electron chi connectivity index (χ1n) is 6.91. The number of aromatic nitrogens is 2. The van der Waals surface area contributed by atoms with Gasteiger partial charge in [-0.25, -0.2) is 4.98 Å². The molecule has 0 radical (unpaired) electrons. The van der Waals surface area contributed by atoms with E-state index in [0.29, 0.717) is 12.2 Å². The lowest BCUT2D eigenvalue weighted by Gasteiger charge is -2.10. The highest BCUT2D eigenvalue weighted by Crippen LogP contribution is 2.28. The minimum absolute atomic E-state index is 0.528. The van der Waals surface area contributed by atoms with Crippen molar-refractivity contribution in [1.29, 1.82) is 0 Å². The molecule has 3 rings (SSSR count). The van der Waals surface area contributed by atoms with Gasteiger partial charge in [-0.05, 0) is 58.1 Å². The molecule has 0 unspecified atom stereocenters. The number of halogens is 1. The van der Waals surface area contributed by atoms with Crippen LogP contribution in [0.3, 0.4) is 0 Å². The average Bonchev–Trinajstić information content (AvgIpc) is 2.47. The summed E-state index contributed by atoms with van der Waals surface area (Å²) in [6.45, 7) is 1.99. The lowest BCUT2D eigenvalue weighted by molar-refractivity contribution is 0.412. The van der Waals surface area contributed by atoms with E-state index in [1.165, 1.54) is 0 Å². The van der Waals surface area contributed by atoms with E-state index in [4.69, 9.17) is 10.5 Å². The molecule has 0 atom stereocenters. The summed E-state index contributed by atoms with van der Waals surface area (Å²) in [5.41, 5.74) is 8.99. The van der Waals surface area contributed by atoms with Crippen molar-refractivity contribution in [3.05, 3.63) is 58.0 Å². The molecule has 0 fully saturated rings. The maximum absolute atomic E-state index is 5.94. The van der Waals surface area contributed by atoms with Crippen LogP contribution in [-0.2, 0) is 6.42 Å². The SMILES string of the molecule is COc1ccc(Cc2nc(N)cc3ccnc(C)c23)cc1Br.